The lowest BCUT2D eigenvalue weighted by molar-refractivity contribution is 0.231. The van der Waals surface area contributed by atoms with E-state index in [9.17, 15) is 0 Å². The van der Waals surface area contributed by atoms with Crippen LogP contribution in [-0.2, 0) is 0 Å². The zero-order valence-corrected chi connectivity index (χ0v) is 8.93. The standard InChI is InChI=1S/C9H14N4O2/c1-5(2)15-8-4-7(9(10)13-14)11-6(3)12-8/h4-5,14H,1-3H3,(H2,10,13). The number of ether oxygens (including phenoxy) is 1. The van der Waals surface area contributed by atoms with E-state index in [2.05, 4.69) is 15.1 Å². The first-order chi connectivity index (χ1) is 7.02. The normalized spacial score (nSPS) is 11.9. The number of aromatic nitrogens is 2. The second kappa shape index (κ2) is 4.59. The molecule has 6 heteroatoms. The molecule has 82 valence electrons. The number of hydrogen-bond donors (Lipinski definition) is 2. The van der Waals surface area contributed by atoms with Crippen LogP contribution in [0.2, 0.25) is 0 Å². The average molecular weight is 210 g/mol. The van der Waals surface area contributed by atoms with Gasteiger partial charge in [0, 0.05) is 6.07 Å². The monoisotopic (exact) mass is 210 g/mol. The molecule has 0 aliphatic heterocycles. The highest BCUT2D eigenvalue weighted by Gasteiger charge is 2.07. The summed E-state index contributed by atoms with van der Waals surface area (Å²) in [6.45, 7) is 5.49. The van der Waals surface area contributed by atoms with Crippen molar-refractivity contribution in [2.24, 2.45) is 10.9 Å². The molecule has 0 saturated carbocycles. The van der Waals surface area contributed by atoms with Gasteiger partial charge in [-0.25, -0.2) is 4.98 Å². The van der Waals surface area contributed by atoms with Gasteiger partial charge in [-0.2, -0.15) is 4.98 Å². The van der Waals surface area contributed by atoms with Crippen molar-refractivity contribution in [2.45, 2.75) is 26.9 Å². The van der Waals surface area contributed by atoms with Crippen molar-refractivity contribution < 1.29 is 9.94 Å². The Bertz CT molecular complexity index is 376. The van der Waals surface area contributed by atoms with Crippen molar-refractivity contribution in [1.29, 1.82) is 0 Å². The first-order valence-electron chi connectivity index (χ1n) is 4.53. The predicted octanol–water partition coefficient (Wildman–Crippen LogP) is 0.667. The Morgan fingerprint density at radius 1 is 1.53 bits per heavy atom. The van der Waals surface area contributed by atoms with E-state index in [0.29, 0.717) is 17.4 Å². The Morgan fingerprint density at radius 3 is 2.73 bits per heavy atom. The molecule has 1 heterocycles. The largest absolute Gasteiger partial charge is 0.475 e. The number of oxime groups is 1. The fraction of sp³-hybridized carbons (Fsp3) is 0.444. The molecule has 1 aromatic rings. The summed E-state index contributed by atoms with van der Waals surface area (Å²) in [4.78, 5) is 8.07. The molecule has 0 atom stereocenters. The first-order valence-corrected chi connectivity index (χ1v) is 4.53. The summed E-state index contributed by atoms with van der Waals surface area (Å²) < 4.78 is 5.39. The summed E-state index contributed by atoms with van der Waals surface area (Å²) in [5.41, 5.74) is 5.76. The second-order valence-electron chi connectivity index (χ2n) is 3.29. The van der Waals surface area contributed by atoms with Crippen LogP contribution >= 0.6 is 0 Å². The average Bonchev–Trinajstić information content (AvgIpc) is 2.14. The van der Waals surface area contributed by atoms with Crippen molar-refractivity contribution in [1.82, 2.24) is 9.97 Å². The summed E-state index contributed by atoms with van der Waals surface area (Å²) in [7, 11) is 0. The van der Waals surface area contributed by atoms with Gasteiger partial charge in [-0.05, 0) is 20.8 Å². The number of nitrogens with zero attached hydrogens (tertiary/aromatic N) is 3. The highest BCUT2D eigenvalue weighted by Crippen LogP contribution is 2.10. The van der Waals surface area contributed by atoms with Gasteiger partial charge in [-0.3, -0.25) is 0 Å². The van der Waals surface area contributed by atoms with Gasteiger partial charge >= 0.3 is 0 Å². The van der Waals surface area contributed by atoms with Crippen LogP contribution < -0.4 is 10.5 Å². The molecule has 0 amide bonds. The van der Waals surface area contributed by atoms with E-state index in [4.69, 9.17) is 15.7 Å². The van der Waals surface area contributed by atoms with Crippen molar-refractivity contribution in [3.8, 4) is 5.88 Å². The summed E-state index contributed by atoms with van der Waals surface area (Å²) in [6, 6.07) is 1.53. The van der Waals surface area contributed by atoms with Crippen molar-refractivity contribution in [3.63, 3.8) is 0 Å². The number of rotatable bonds is 3. The third kappa shape index (κ3) is 3.08. The molecule has 15 heavy (non-hydrogen) atoms. The topological polar surface area (TPSA) is 93.6 Å². The Kier molecular flexibility index (Phi) is 3.43. The summed E-state index contributed by atoms with van der Waals surface area (Å²) in [6.07, 6.45) is 0.0134. The smallest absolute Gasteiger partial charge is 0.217 e. The zero-order chi connectivity index (χ0) is 11.4. The molecular weight excluding hydrogens is 196 g/mol. The van der Waals surface area contributed by atoms with E-state index < -0.39 is 0 Å². The van der Waals surface area contributed by atoms with E-state index in [1.807, 2.05) is 13.8 Å². The Morgan fingerprint density at radius 2 is 2.20 bits per heavy atom. The number of aryl methyl sites for hydroxylation is 1. The van der Waals surface area contributed by atoms with Crippen molar-refractivity contribution in [3.05, 3.63) is 17.6 Å². The van der Waals surface area contributed by atoms with Crippen molar-refractivity contribution >= 4 is 5.84 Å². The molecule has 0 aliphatic carbocycles. The van der Waals surface area contributed by atoms with Gasteiger partial charge in [-0.1, -0.05) is 5.16 Å². The molecule has 1 aromatic heterocycles. The molecule has 0 fully saturated rings. The minimum atomic E-state index is -0.0610. The molecule has 6 nitrogen and oxygen atoms in total. The van der Waals surface area contributed by atoms with Gasteiger partial charge < -0.3 is 15.7 Å². The lowest BCUT2D eigenvalue weighted by Gasteiger charge is -2.09. The van der Waals surface area contributed by atoms with Crippen LogP contribution in [-0.4, -0.2) is 27.1 Å². The van der Waals surface area contributed by atoms with E-state index >= 15 is 0 Å². The summed E-state index contributed by atoms with van der Waals surface area (Å²) in [5.74, 6) is 0.864. The third-order valence-electron chi connectivity index (χ3n) is 1.54. The summed E-state index contributed by atoms with van der Waals surface area (Å²) >= 11 is 0. The van der Waals surface area contributed by atoms with Gasteiger partial charge in [-0.15, -0.1) is 0 Å². The predicted molar refractivity (Wildman–Crippen MR) is 55.0 cm³/mol. The lowest BCUT2D eigenvalue weighted by atomic mass is 10.3. The molecule has 0 spiro atoms. The first kappa shape index (κ1) is 11.2. The van der Waals surface area contributed by atoms with Crippen LogP contribution in [0.3, 0.4) is 0 Å². The minimum absolute atomic E-state index is 0.0134. The molecule has 0 aliphatic rings. The number of amidine groups is 1. The Hall–Kier alpha value is -1.85. The second-order valence-corrected chi connectivity index (χ2v) is 3.29. The highest BCUT2D eigenvalue weighted by atomic mass is 16.5. The third-order valence-corrected chi connectivity index (χ3v) is 1.54. The molecule has 0 unspecified atom stereocenters. The minimum Gasteiger partial charge on any atom is -0.475 e. The van der Waals surface area contributed by atoms with Crippen LogP contribution in [0.15, 0.2) is 11.2 Å². The van der Waals surface area contributed by atoms with Crippen LogP contribution in [0.25, 0.3) is 0 Å². The Labute approximate surface area is 87.8 Å². The van der Waals surface area contributed by atoms with Crippen LogP contribution in [0.1, 0.15) is 25.4 Å². The van der Waals surface area contributed by atoms with E-state index in [0.717, 1.165) is 0 Å². The molecule has 1 rings (SSSR count). The summed E-state index contributed by atoms with van der Waals surface area (Å²) in [5, 5.41) is 11.4. The molecule has 3 N–H and O–H groups in total. The van der Waals surface area contributed by atoms with E-state index in [-0.39, 0.29) is 11.9 Å². The molecule has 0 bridgehead atoms. The quantitative estimate of drug-likeness (QED) is 0.331. The number of nitrogens with two attached hydrogens (primary N) is 1. The molecule has 0 aromatic carbocycles. The van der Waals surface area contributed by atoms with Crippen molar-refractivity contribution in [2.75, 3.05) is 0 Å². The van der Waals surface area contributed by atoms with Crippen LogP contribution in [0.5, 0.6) is 5.88 Å². The van der Waals surface area contributed by atoms with Gasteiger partial charge in [0.2, 0.25) is 5.88 Å². The maximum Gasteiger partial charge on any atom is 0.217 e. The number of hydrogen-bond acceptors (Lipinski definition) is 5. The Balaban J connectivity index is 3.05. The van der Waals surface area contributed by atoms with E-state index in [1.165, 1.54) is 6.07 Å². The van der Waals surface area contributed by atoms with E-state index in [1.54, 1.807) is 6.92 Å². The van der Waals surface area contributed by atoms with Crippen LogP contribution in [0, 0.1) is 6.92 Å². The highest BCUT2D eigenvalue weighted by molar-refractivity contribution is 5.95. The zero-order valence-electron chi connectivity index (χ0n) is 8.93. The van der Waals surface area contributed by atoms with Gasteiger partial charge in [0.15, 0.2) is 5.84 Å². The molecular formula is C9H14N4O2. The maximum atomic E-state index is 8.51. The lowest BCUT2D eigenvalue weighted by Crippen LogP contribution is -2.17. The molecule has 0 saturated heterocycles. The molecule has 0 radical (unpaired) electrons. The SMILES string of the molecule is Cc1nc(OC(C)C)cc(/C(N)=N\O)n1. The fourth-order valence-electron chi connectivity index (χ4n) is 1.02. The fourth-order valence-corrected chi connectivity index (χ4v) is 1.02. The van der Waals surface area contributed by atoms with Gasteiger partial charge in [0.1, 0.15) is 11.5 Å². The maximum absolute atomic E-state index is 8.51. The van der Waals surface area contributed by atoms with Gasteiger partial charge in [0.25, 0.3) is 0 Å². The van der Waals surface area contributed by atoms with Crippen LogP contribution in [0.4, 0.5) is 0 Å². The van der Waals surface area contributed by atoms with Gasteiger partial charge in [0.05, 0.1) is 6.10 Å².